The summed E-state index contributed by atoms with van der Waals surface area (Å²) in [7, 11) is 0. The number of hydrogen-bond donors (Lipinski definition) is 2. The molecular weight excluding hydrogens is 352 g/mol. The first-order chi connectivity index (χ1) is 12.5. The van der Waals surface area contributed by atoms with Crippen molar-refractivity contribution < 1.29 is 9.53 Å². The van der Waals surface area contributed by atoms with Gasteiger partial charge in [0.1, 0.15) is 23.7 Å². The number of aromatic amines is 1. The fourth-order valence-electron chi connectivity index (χ4n) is 2.26. The second kappa shape index (κ2) is 7.92. The number of hydrogen-bond acceptors (Lipinski definition) is 6. The van der Waals surface area contributed by atoms with Crippen LogP contribution < -0.4 is 15.6 Å². The first-order valence-electron chi connectivity index (χ1n) is 8.02. The van der Waals surface area contributed by atoms with E-state index in [2.05, 4.69) is 20.3 Å². The molecule has 3 aromatic rings. The second-order valence-electron chi connectivity index (χ2n) is 5.66. The molecule has 0 aliphatic carbocycles. The molecule has 1 atom stereocenters. The molecule has 0 bridgehead atoms. The van der Waals surface area contributed by atoms with Crippen molar-refractivity contribution in [2.24, 2.45) is 0 Å². The van der Waals surface area contributed by atoms with Crippen molar-refractivity contribution in [1.29, 1.82) is 0 Å². The summed E-state index contributed by atoms with van der Waals surface area (Å²) in [4.78, 5) is 35.5. The molecule has 0 aliphatic rings. The molecule has 3 rings (SSSR count). The molecule has 26 heavy (non-hydrogen) atoms. The standard InChI is InChI=1S/C18H18N4O3S/c1-11(15-10-26-12(2)21-15)20-17(23)14-8-19-16(22-18(14)24)9-25-13-6-4-3-5-7-13/h3-8,10-11H,9H2,1-2H3,(H,20,23)(H,19,22,24). The van der Waals surface area contributed by atoms with Gasteiger partial charge in [0.25, 0.3) is 11.5 Å². The number of rotatable bonds is 6. The molecule has 0 aliphatic heterocycles. The zero-order chi connectivity index (χ0) is 18.5. The molecule has 0 fully saturated rings. The third kappa shape index (κ3) is 4.34. The zero-order valence-corrected chi connectivity index (χ0v) is 15.2. The first kappa shape index (κ1) is 17.8. The lowest BCUT2D eigenvalue weighted by Crippen LogP contribution is -2.32. The molecular formula is C18H18N4O3S. The number of nitrogens with one attached hydrogen (secondary N) is 2. The maximum absolute atomic E-state index is 12.3. The Kier molecular flexibility index (Phi) is 5.43. The molecule has 1 aromatic carbocycles. The minimum Gasteiger partial charge on any atom is -0.486 e. The third-order valence-electron chi connectivity index (χ3n) is 3.64. The molecule has 134 valence electrons. The van der Waals surface area contributed by atoms with Crippen molar-refractivity contribution in [2.45, 2.75) is 26.5 Å². The zero-order valence-electron chi connectivity index (χ0n) is 14.4. The van der Waals surface area contributed by atoms with Gasteiger partial charge in [-0.05, 0) is 26.0 Å². The summed E-state index contributed by atoms with van der Waals surface area (Å²) < 4.78 is 5.53. The van der Waals surface area contributed by atoms with Gasteiger partial charge in [0, 0.05) is 11.6 Å². The Labute approximate surface area is 154 Å². The highest BCUT2D eigenvalue weighted by Crippen LogP contribution is 2.16. The number of ether oxygens (including phenoxy) is 1. The molecule has 7 nitrogen and oxygen atoms in total. The maximum Gasteiger partial charge on any atom is 0.263 e. The normalized spacial score (nSPS) is 11.8. The van der Waals surface area contributed by atoms with Crippen molar-refractivity contribution in [3.05, 3.63) is 74.4 Å². The predicted molar refractivity (Wildman–Crippen MR) is 98.4 cm³/mol. The van der Waals surface area contributed by atoms with Crippen LogP contribution in [0.25, 0.3) is 0 Å². The van der Waals surface area contributed by atoms with E-state index in [4.69, 9.17) is 4.74 Å². The van der Waals surface area contributed by atoms with Crippen LogP contribution in [0, 0.1) is 6.92 Å². The van der Waals surface area contributed by atoms with Crippen molar-refractivity contribution in [3.63, 3.8) is 0 Å². The number of nitrogens with zero attached hydrogens (tertiary/aromatic N) is 2. The predicted octanol–water partition coefficient (Wildman–Crippen LogP) is 2.60. The van der Waals surface area contributed by atoms with E-state index in [-0.39, 0.29) is 18.2 Å². The largest absolute Gasteiger partial charge is 0.486 e. The van der Waals surface area contributed by atoms with E-state index in [0.717, 1.165) is 10.7 Å². The average molecular weight is 370 g/mol. The van der Waals surface area contributed by atoms with Gasteiger partial charge in [-0.15, -0.1) is 11.3 Å². The summed E-state index contributed by atoms with van der Waals surface area (Å²) in [6, 6.07) is 8.90. The first-order valence-corrected chi connectivity index (χ1v) is 8.90. The van der Waals surface area contributed by atoms with E-state index in [9.17, 15) is 9.59 Å². The summed E-state index contributed by atoms with van der Waals surface area (Å²) in [6.45, 7) is 3.82. The highest BCUT2D eigenvalue weighted by molar-refractivity contribution is 7.09. The molecule has 0 saturated heterocycles. The highest BCUT2D eigenvalue weighted by atomic mass is 32.1. The van der Waals surface area contributed by atoms with Gasteiger partial charge < -0.3 is 15.0 Å². The fraction of sp³-hybridized carbons (Fsp3) is 0.222. The molecule has 2 heterocycles. The van der Waals surface area contributed by atoms with Crippen LogP contribution >= 0.6 is 11.3 Å². The van der Waals surface area contributed by atoms with Gasteiger partial charge in [-0.3, -0.25) is 9.59 Å². The number of aryl methyl sites for hydroxylation is 1. The number of benzene rings is 1. The lowest BCUT2D eigenvalue weighted by molar-refractivity contribution is 0.0937. The Hall–Kier alpha value is -3.00. The Morgan fingerprint density at radius 1 is 1.35 bits per heavy atom. The van der Waals surface area contributed by atoms with Crippen molar-refractivity contribution in [3.8, 4) is 5.75 Å². The Bertz CT molecular complexity index is 952. The van der Waals surface area contributed by atoms with Crippen LogP contribution in [0.4, 0.5) is 0 Å². The lowest BCUT2D eigenvalue weighted by Gasteiger charge is -2.11. The van der Waals surface area contributed by atoms with Crippen LogP contribution in [-0.2, 0) is 6.61 Å². The Morgan fingerprint density at radius 3 is 2.77 bits per heavy atom. The van der Waals surface area contributed by atoms with Crippen LogP contribution in [0.5, 0.6) is 5.75 Å². The van der Waals surface area contributed by atoms with Gasteiger partial charge >= 0.3 is 0 Å². The SMILES string of the molecule is Cc1nc(C(C)NC(=O)c2cnc(COc3ccccc3)[nH]c2=O)cs1. The minimum absolute atomic E-state index is 0.0488. The van der Waals surface area contributed by atoms with E-state index in [1.165, 1.54) is 17.5 Å². The minimum atomic E-state index is -0.508. The van der Waals surface area contributed by atoms with Gasteiger partial charge in [-0.2, -0.15) is 0 Å². The topological polar surface area (TPSA) is 97.0 Å². The number of amides is 1. The molecule has 0 spiro atoms. The van der Waals surface area contributed by atoms with Gasteiger partial charge in [-0.25, -0.2) is 9.97 Å². The molecule has 8 heteroatoms. The molecule has 0 radical (unpaired) electrons. The molecule has 0 saturated carbocycles. The summed E-state index contributed by atoms with van der Waals surface area (Å²) in [5.41, 5.74) is 0.205. The number of carbonyl (C=O) groups excluding carboxylic acids is 1. The van der Waals surface area contributed by atoms with E-state index in [1.807, 2.05) is 49.6 Å². The summed E-state index contributed by atoms with van der Waals surface area (Å²) >= 11 is 1.51. The number of thiazole rings is 1. The van der Waals surface area contributed by atoms with Crippen LogP contribution in [0.15, 0.2) is 46.7 Å². The van der Waals surface area contributed by atoms with E-state index >= 15 is 0 Å². The quantitative estimate of drug-likeness (QED) is 0.695. The Morgan fingerprint density at radius 2 is 2.12 bits per heavy atom. The van der Waals surface area contributed by atoms with E-state index in [1.54, 1.807) is 0 Å². The summed E-state index contributed by atoms with van der Waals surface area (Å²) in [5.74, 6) is 0.523. The average Bonchev–Trinajstić information content (AvgIpc) is 3.07. The summed E-state index contributed by atoms with van der Waals surface area (Å²) in [6.07, 6.45) is 1.26. The Balaban J connectivity index is 1.65. The summed E-state index contributed by atoms with van der Waals surface area (Å²) in [5, 5.41) is 5.56. The van der Waals surface area contributed by atoms with Crippen LogP contribution in [0.3, 0.4) is 0 Å². The smallest absolute Gasteiger partial charge is 0.263 e. The maximum atomic E-state index is 12.3. The molecule has 1 unspecified atom stereocenters. The fourth-order valence-corrected chi connectivity index (χ4v) is 2.97. The number of carbonyl (C=O) groups is 1. The number of aromatic nitrogens is 3. The lowest BCUT2D eigenvalue weighted by atomic mass is 10.2. The number of H-pyrrole nitrogens is 1. The van der Waals surface area contributed by atoms with Gasteiger partial charge in [0.2, 0.25) is 0 Å². The van der Waals surface area contributed by atoms with Crippen molar-refractivity contribution in [1.82, 2.24) is 20.3 Å². The van der Waals surface area contributed by atoms with Crippen LogP contribution in [-0.4, -0.2) is 20.9 Å². The molecule has 2 aromatic heterocycles. The molecule has 1 amide bonds. The molecule has 2 N–H and O–H groups in total. The number of para-hydroxylation sites is 1. The van der Waals surface area contributed by atoms with Gasteiger partial charge in [-0.1, -0.05) is 18.2 Å². The van der Waals surface area contributed by atoms with Crippen molar-refractivity contribution in [2.75, 3.05) is 0 Å². The highest BCUT2D eigenvalue weighted by Gasteiger charge is 2.17. The van der Waals surface area contributed by atoms with Crippen molar-refractivity contribution >= 4 is 17.2 Å². The van der Waals surface area contributed by atoms with Gasteiger partial charge in [0.15, 0.2) is 0 Å². The van der Waals surface area contributed by atoms with E-state index in [0.29, 0.717) is 11.6 Å². The monoisotopic (exact) mass is 370 g/mol. The van der Waals surface area contributed by atoms with Crippen LogP contribution in [0.2, 0.25) is 0 Å². The van der Waals surface area contributed by atoms with E-state index < -0.39 is 11.5 Å². The van der Waals surface area contributed by atoms with Gasteiger partial charge in [0.05, 0.1) is 16.7 Å². The third-order valence-corrected chi connectivity index (χ3v) is 4.44. The van der Waals surface area contributed by atoms with Crippen LogP contribution in [0.1, 0.15) is 39.8 Å². The second-order valence-corrected chi connectivity index (χ2v) is 6.72.